The number of alkyl halides is 3. The van der Waals surface area contributed by atoms with Gasteiger partial charge in [-0.25, -0.2) is 4.98 Å². The molecule has 1 saturated carbocycles. The Kier molecular flexibility index (Phi) is 6.23. The van der Waals surface area contributed by atoms with Crippen LogP contribution in [-0.2, 0) is 6.42 Å². The van der Waals surface area contributed by atoms with Crippen molar-refractivity contribution in [1.82, 2.24) is 15.0 Å². The molecule has 4 rings (SSSR count). The van der Waals surface area contributed by atoms with Crippen LogP contribution in [0.4, 0.5) is 24.9 Å². The summed E-state index contributed by atoms with van der Waals surface area (Å²) < 4.78 is 44.1. The first-order valence-electron chi connectivity index (χ1n) is 10.7. The maximum Gasteiger partial charge on any atom is 0.405 e. The Hall–Kier alpha value is -2.88. The lowest BCUT2D eigenvalue weighted by Crippen LogP contribution is -2.24. The molecule has 2 atom stereocenters. The number of fused-ring (bicyclic) bond motifs is 1. The van der Waals surface area contributed by atoms with Crippen molar-refractivity contribution in [1.29, 1.82) is 0 Å². The van der Waals surface area contributed by atoms with E-state index in [0.29, 0.717) is 28.4 Å². The zero-order valence-corrected chi connectivity index (χ0v) is 18.0. The number of halogens is 3. The fraction of sp³-hybridized carbons (Fsp3) is 0.500. The van der Waals surface area contributed by atoms with E-state index in [1.54, 1.807) is 13.1 Å². The van der Waals surface area contributed by atoms with Gasteiger partial charge in [0.1, 0.15) is 18.1 Å². The maximum atomic E-state index is 12.7. The second-order valence-electron chi connectivity index (χ2n) is 8.21. The molecule has 1 fully saturated rings. The van der Waals surface area contributed by atoms with Gasteiger partial charge in [-0.15, -0.1) is 0 Å². The Morgan fingerprint density at radius 2 is 2.03 bits per heavy atom. The molecule has 0 unspecified atom stereocenters. The first-order valence-corrected chi connectivity index (χ1v) is 10.7. The van der Waals surface area contributed by atoms with E-state index in [1.165, 1.54) is 0 Å². The fourth-order valence-corrected chi connectivity index (χ4v) is 4.10. The zero-order chi connectivity index (χ0) is 22.9. The van der Waals surface area contributed by atoms with Crippen molar-refractivity contribution in [2.75, 3.05) is 23.8 Å². The van der Waals surface area contributed by atoms with E-state index in [1.807, 2.05) is 19.1 Å². The van der Waals surface area contributed by atoms with E-state index >= 15 is 0 Å². The van der Waals surface area contributed by atoms with Gasteiger partial charge in [0.15, 0.2) is 5.58 Å². The van der Waals surface area contributed by atoms with Crippen LogP contribution in [-0.4, -0.2) is 45.4 Å². The van der Waals surface area contributed by atoms with Crippen LogP contribution in [0.25, 0.3) is 22.3 Å². The van der Waals surface area contributed by atoms with E-state index < -0.39 is 12.7 Å². The lowest BCUT2D eigenvalue weighted by molar-refractivity contribution is -0.115. The molecular formula is C22H26F3N5O2. The van der Waals surface area contributed by atoms with Gasteiger partial charge in [-0.3, -0.25) is 4.98 Å². The molecule has 0 amide bonds. The standard InChI is InChI=1S/C22H26F3N5O2/c1-3-15-7-14-8-17(32-18(14)9-26-15)19-12(2)28-21(27-11-22(23,24)25)30-20(19)29-16-5-4-13(6-16)10-31/h7-9,13,16,31H,3-6,10-11H2,1-2H3,(H2,27,28,29,30)/t13-,16+/m1/s1. The van der Waals surface area contributed by atoms with Crippen LogP contribution in [0.3, 0.4) is 0 Å². The number of pyridine rings is 1. The number of aliphatic hydroxyl groups excluding tert-OH is 1. The SMILES string of the molecule is CCc1cc2cc(-c3c(C)nc(NCC(F)(F)F)nc3N[C@H]3CC[C@@H](CO)C3)oc2cn1. The number of nitrogens with zero attached hydrogens (tertiary/aromatic N) is 3. The van der Waals surface area contributed by atoms with Gasteiger partial charge in [0.2, 0.25) is 5.95 Å². The number of aryl methyl sites for hydroxylation is 2. The maximum absolute atomic E-state index is 12.7. The minimum atomic E-state index is -4.38. The Morgan fingerprint density at radius 3 is 2.72 bits per heavy atom. The van der Waals surface area contributed by atoms with Crippen molar-refractivity contribution in [2.24, 2.45) is 5.92 Å². The average Bonchev–Trinajstić information content (AvgIpc) is 3.37. The topological polar surface area (TPSA) is 96.1 Å². The second kappa shape index (κ2) is 8.93. The van der Waals surface area contributed by atoms with E-state index in [9.17, 15) is 18.3 Å². The molecule has 7 nitrogen and oxygen atoms in total. The predicted octanol–water partition coefficient (Wildman–Crippen LogP) is 4.70. The second-order valence-corrected chi connectivity index (χ2v) is 8.21. The normalized spacial score (nSPS) is 18.9. The van der Waals surface area contributed by atoms with Crippen LogP contribution < -0.4 is 10.6 Å². The van der Waals surface area contributed by atoms with Crippen molar-refractivity contribution in [3.8, 4) is 11.3 Å². The van der Waals surface area contributed by atoms with Crippen molar-refractivity contribution in [3.05, 3.63) is 29.7 Å². The van der Waals surface area contributed by atoms with E-state index in [0.717, 1.165) is 36.8 Å². The molecule has 0 spiro atoms. The summed E-state index contributed by atoms with van der Waals surface area (Å²) in [6.07, 6.45) is 0.549. The van der Waals surface area contributed by atoms with Gasteiger partial charge in [-0.05, 0) is 50.7 Å². The Balaban J connectivity index is 1.72. The van der Waals surface area contributed by atoms with E-state index in [4.69, 9.17) is 4.42 Å². The van der Waals surface area contributed by atoms with Gasteiger partial charge >= 0.3 is 6.18 Å². The van der Waals surface area contributed by atoms with Gasteiger partial charge in [0, 0.05) is 23.7 Å². The molecule has 0 aliphatic heterocycles. The number of rotatable bonds is 7. The molecule has 3 heterocycles. The van der Waals surface area contributed by atoms with E-state index in [-0.39, 0.29) is 24.5 Å². The quantitative estimate of drug-likeness (QED) is 0.481. The first-order chi connectivity index (χ1) is 15.3. The number of aromatic nitrogens is 3. The molecule has 3 aromatic heterocycles. The number of aliphatic hydroxyl groups is 1. The third-order valence-electron chi connectivity index (χ3n) is 5.75. The highest BCUT2D eigenvalue weighted by Crippen LogP contribution is 2.37. The van der Waals surface area contributed by atoms with Crippen molar-refractivity contribution >= 4 is 22.7 Å². The monoisotopic (exact) mass is 449 g/mol. The molecule has 0 saturated heterocycles. The summed E-state index contributed by atoms with van der Waals surface area (Å²) in [6, 6.07) is 3.88. The average molecular weight is 449 g/mol. The molecule has 10 heteroatoms. The number of furan rings is 1. The molecule has 1 aliphatic rings. The van der Waals surface area contributed by atoms with Gasteiger partial charge in [0.25, 0.3) is 0 Å². The summed E-state index contributed by atoms with van der Waals surface area (Å²) in [5.41, 5.74) is 2.64. The van der Waals surface area contributed by atoms with Crippen molar-refractivity contribution in [3.63, 3.8) is 0 Å². The van der Waals surface area contributed by atoms with Crippen LogP contribution in [0.5, 0.6) is 0 Å². The molecule has 0 aromatic carbocycles. The number of anilines is 2. The highest BCUT2D eigenvalue weighted by Gasteiger charge is 2.29. The van der Waals surface area contributed by atoms with Gasteiger partial charge < -0.3 is 20.2 Å². The predicted molar refractivity (Wildman–Crippen MR) is 116 cm³/mol. The summed E-state index contributed by atoms with van der Waals surface area (Å²) in [5.74, 6) is 1.03. The molecule has 3 N–H and O–H groups in total. The Bertz CT molecular complexity index is 1100. The zero-order valence-electron chi connectivity index (χ0n) is 18.0. The van der Waals surface area contributed by atoms with Crippen LogP contribution in [0.2, 0.25) is 0 Å². The third kappa shape index (κ3) is 4.95. The lowest BCUT2D eigenvalue weighted by atomic mass is 10.1. The highest BCUT2D eigenvalue weighted by atomic mass is 19.4. The number of hydrogen-bond donors (Lipinski definition) is 3. The number of hydrogen-bond acceptors (Lipinski definition) is 7. The van der Waals surface area contributed by atoms with Crippen LogP contribution >= 0.6 is 0 Å². The largest absolute Gasteiger partial charge is 0.454 e. The Labute approximate surface area is 183 Å². The van der Waals surface area contributed by atoms with Crippen LogP contribution in [0.15, 0.2) is 22.7 Å². The molecule has 1 aliphatic carbocycles. The van der Waals surface area contributed by atoms with Crippen molar-refractivity contribution < 1.29 is 22.7 Å². The summed E-state index contributed by atoms with van der Waals surface area (Å²) in [7, 11) is 0. The fourth-order valence-electron chi connectivity index (χ4n) is 4.10. The summed E-state index contributed by atoms with van der Waals surface area (Å²) in [5, 5.41) is 16.0. The lowest BCUT2D eigenvalue weighted by Gasteiger charge is -2.18. The smallest absolute Gasteiger partial charge is 0.405 e. The molecule has 0 bridgehead atoms. The van der Waals surface area contributed by atoms with Gasteiger partial charge in [-0.2, -0.15) is 18.2 Å². The molecular weight excluding hydrogens is 423 g/mol. The minimum Gasteiger partial charge on any atom is -0.454 e. The molecule has 172 valence electrons. The molecule has 0 radical (unpaired) electrons. The highest BCUT2D eigenvalue weighted by molar-refractivity contribution is 5.86. The van der Waals surface area contributed by atoms with Crippen LogP contribution in [0.1, 0.15) is 37.6 Å². The van der Waals surface area contributed by atoms with Crippen molar-refractivity contribution in [2.45, 2.75) is 51.7 Å². The molecule has 3 aromatic rings. The molecule has 32 heavy (non-hydrogen) atoms. The Morgan fingerprint density at radius 1 is 1.22 bits per heavy atom. The summed E-state index contributed by atoms with van der Waals surface area (Å²) in [6.45, 7) is 2.62. The van der Waals surface area contributed by atoms with E-state index in [2.05, 4.69) is 25.6 Å². The minimum absolute atomic E-state index is 0.0494. The third-order valence-corrected chi connectivity index (χ3v) is 5.75. The van der Waals surface area contributed by atoms with Crippen LogP contribution in [0, 0.1) is 12.8 Å². The number of nitrogens with one attached hydrogen (secondary N) is 2. The summed E-state index contributed by atoms with van der Waals surface area (Å²) >= 11 is 0. The summed E-state index contributed by atoms with van der Waals surface area (Å²) in [4.78, 5) is 13.0. The van der Waals surface area contributed by atoms with Gasteiger partial charge in [0.05, 0.1) is 17.5 Å². The van der Waals surface area contributed by atoms with Gasteiger partial charge in [-0.1, -0.05) is 6.92 Å². The first kappa shape index (κ1) is 22.3.